The Morgan fingerprint density at radius 1 is 1.31 bits per heavy atom. The predicted octanol–water partition coefficient (Wildman–Crippen LogP) is 3.06. The Labute approximate surface area is 105 Å². The third-order valence-electron chi connectivity index (χ3n) is 2.38. The minimum atomic E-state index is 0.382. The molecule has 0 saturated carbocycles. The molecule has 0 aliphatic carbocycles. The van der Waals surface area contributed by atoms with Gasteiger partial charge in [0, 0.05) is 6.04 Å². The van der Waals surface area contributed by atoms with Crippen LogP contribution < -0.4 is 11.1 Å². The van der Waals surface area contributed by atoms with E-state index in [1.165, 1.54) is 12.7 Å². The minimum absolute atomic E-state index is 0.382. The maximum absolute atomic E-state index is 5.68. The van der Waals surface area contributed by atoms with Gasteiger partial charge in [0.1, 0.15) is 22.4 Å². The van der Waals surface area contributed by atoms with Gasteiger partial charge < -0.3 is 11.1 Å². The zero-order chi connectivity index (χ0) is 12.1. The van der Waals surface area contributed by atoms with Gasteiger partial charge in [-0.1, -0.05) is 13.8 Å². The lowest BCUT2D eigenvalue weighted by Gasteiger charge is -2.16. The molecule has 1 heterocycles. The lowest BCUT2D eigenvalue weighted by Crippen LogP contribution is -2.17. The molecular formula is C11H19BrN4. The van der Waals surface area contributed by atoms with Gasteiger partial charge in [0.15, 0.2) is 0 Å². The first-order valence-corrected chi connectivity index (χ1v) is 6.32. The summed E-state index contributed by atoms with van der Waals surface area (Å²) in [6, 6.07) is 0.382. The molecule has 0 bridgehead atoms. The standard InChI is InChI=1S/C11H19BrN4/c1-7(2)4-5-8(3)16-11-9(12)10(13)14-6-15-11/h6-8H,4-5H2,1-3H3,(H3,13,14,15,16). The van der Waals surface area contributed by atoms with Crippen LogP contribution in [0.3, 0.4) is 0 Å². The second kappa shape index (κ2) is 6.03. The number of nitrogens with zero attached hydrogens (tertiary/aromatic N) is 2. The van der Waals surface area contributed by atoms with E-state index in [-0.39, 0.29) is 0 Å². The molecule has 90 valence electrons. The Hall–Kier alpha value is -0.840. The van der Waals surface area contributed by atoms with E-state index in [0.717, 1.165) is 22.6 Å². The average Bonchev–Trinajstić information content (AvgIpc) is 2.22. The number of nitrogen functional groups attached to an aromatic ring is 1. The molecule has 0 aromatic carbocycles. The molecule has 1 aromatic rings. The second-order valence-electron chi connectivity index (χ2n) is 4.44. The monoisotopic (exact) mass is 286 g/mol. The average molecular weight is 287 g/mol. The number of rotatable bonds is 5. The highest BCUT2D eigenvalue weighted by Crippen LogP contribution is 2.25. The van der Waals surface area contributed by atoms with E-state index in [9.17, 15) is 0 Å². The van der Waals surface area contributed by atoms with Crippen molar-refractivity contribution in [3.05, 3.63) is 10.8 Å². The minimum Gasteiger partial charge on any atom is -0.383 e. The quantitative estimate of drug-likeness (QED) is 0.873. The van der Waals surface area contributed by atoms with E-state index in [1.54, 1.807) is 0 Å². The summed E-state index contributed by atoms with van der Waals surface area (Å²) in [6.45, 7) is 6.60. The zero-order valence-electron chi connectivity index (χ0n) is 10.00. The lowest BCUT2D eigenvalue weighted by molar-refractivity contribution is 0.527. The van der Waals surface area contributed by atoms with Crippen molar-refractivity contribution >= 4 is 27.6 Å². The Bertz CT molecular complexity index is 341. The van der Waals surface area contributed by atoms with Crippen LogP contribution in [0.2, 0.25) is 0 Å². The molecule has 0 amide bonds. The number of nitrogens with two attached hydrogens (primary N) is 1. The third kappa shape index (κ3) is 3.96. The van der Waals surface area contributed by atoms with Gasteiger partial charge in [0.2, 0.25) is 0 Å². The summed E-state index contributed by atoms with van der Waals surface area (Å²) < 4.78 is 0.742. The number of hydrogen-bond acceptors (Lipinski definition) is 4. The van der Waals surface area contributed by atoms with E-state index < -0.39 is 0 Å². The summed E-state index contributed by atoms with van der Waals surface area (Å²) in [4.78, 5) is 8.06. The van der Waals surface area contributed by atoms with Crippen LogP contribution in [0.5, 0.6) is 0 Å². The van der Waals surface area contributed by atoms with Crippen molar-refractivity contribution in [2.45, 2.75) is 39.7 Å². The number of anilines is 2. The molecule has 1 atom stereocenters. The van der Waals surface area contributed by atoms with Gasteiger partial charge in [0.25, 0.3) is 0 Å². The molecule has 1 aromatic heterocycles. The molecule has 1 rings (SSSR count). The van der Waals surface area contributed by atoms with Gasteiger partial charge in [-0.25, -0.2) is 9.97 Å². The Morgan fingerprint density at radius 2 is 2.00 bits per heavy atom. The molecule has 0 saturated heterocycles. The van der Waals surface area contributed by atoms with E-state index in [0.29, 0.717) is 11.9 Å². The van der Waals surface area contributed by atoms with Crippen LogP contribution in [-0.4, -0.2) is 16.0 Å². The molecule has 0 spiro atoms. The maximum atomic E-state index is 5.68. The van der Waals surface area contributed by atoms with Crippen molar-refractivity contribution in [3.63, 3.8) is 0 Å². The van der Waals surface area contributed by atoms with Crippen molar-refractivity contribution in [3.8, 4) is 0 Å². The number of nitrogens with one attached hydrogen (secondary N) is 1. The summed E-state index contributed by atoms with van der Waals surface area (Å²) in [7, 11) is 0. The summed E-state index contributed by atoms with van der Waals surface area (Å²) in [5, 5.41) is 3.33. The molecule has 0 aliphatic rings. The summed E-state index contributed by atoms with van der Waals surface area (Å²) in [5.41, 5.74) is 5.68. The number of halogens is 1. The SMILES string of the molecule is CC(C)CCC(C)Nc1ncnc(N)c1Br. The van der Waals surface area contributed by atoms with Gasteiger partial charge in [-0.15, -0.1) is 0 Å². The fraction of sp³-hybridized carbons (Fsp3) is 0.636. The summed E-state index contributed by atoms with van der Waals surface area (Å²) in [5.74, 6) is 1.96. The Balaban J connectivity index is 2.56. The highest BCUT2D eigenvalue weighted by atomic mass is 79.9. The van der Waals surface area contributed by atoms with Gasteiger partial charge in [-0.05, 0) is 41.6 Å². The number of aromatic nitrogens is 2. The smallest absolute Gasteiger partial charge is 0.146 e. The van der Waals surface area contributed by atoms with Gasteiger partial charge in [0.05, 0.1) is 0 Å². The molecular weight excluding hydrogens is 268 g/mol. The van der Waals surface area contributed by atoms with Crippen LogP contribution >= 0.6 is 15.9 Å². The van der Waals surface area contributed by atoms with Crippen LogP contribution in [0.1, 0.15) is 33.6 Å². The van der Waals surface area contributed by atoms with Crippen LogP contribution in [0.25, 0.3) is 0 Å². The molecule has 0 radical (unpaired) electrons. The summed E-state index contributed by atoms with van der Waals surface area (Å²) >= 11 is 3.38. The predicted molar refractivity (Wildman–Crippen MR) is 71.3 cm³/mol. The molecule has 3 N–H and O–H groups in total. The van der Waals surface area contributed by atoms with Crippen molar-refractivity contribution in [1.82, 2.24) is 9.97 Å². The molecule has 4 nitrogen and oxygen atoms in total. The van der Waals surface area contributed by atoms with Gasteiger partial charge >= 0.3 is 0 Å². The van der Waals surface area contributed by atoms with Crippen molar-refractivity contribution in [1.29, 1.82) is 0 Å². The van der Waals surface area contributed by atoms with E-state index in [4.69, 9.17) is 5.73 Å². The van der Waals surface area contributed by atoms with Gasteiger partial charge in [-0.2, -0.15) is 0 Å². The molecule has 0 fully saturated rings. The lowest BCUT2D eigenvalue weighted by atomic mass is 10.0. The van der Waals surface area contributed by atoms with Crippen LogP contribution in [0, 0.1) is 5.92 Å². The van der Waals surface area contributed by atoms with E-state index in [1.807, 2.05) is 0 Å². The van der Waals surface area contributed by atoms with Crippen LogP contribution in [-0.2, 0) is 0 Å². The van der Waals surface area contributed by atoms with Crippen molar-refractivity contribution in [2.75, 3.05) is 11.1 Å². The fourth-order valence-electron chi connectivity index (χ4n) is 1.37. The number of hydrogen-bond donors (Lipinski definition) is 2. The first-order valence-electron chi connectivity index (χ1n) is 5.53. The topological polar surface area (TPSA) is 63.8 Å². The second-order valence-corrected chi connectivity index (χ2v) is 5.23. The van der Waals surface area contributed by atoms with E-state index in [2.05, 4.69) is 52.0 Å². The summed E-state index contributed by atoms with van der Waals surface area (Å²) in [6.07, 6.45) is 3.79. The molecule has 5 heteroatoms. The third-order valence-corrected chi connectivity index (χ3v) is 3.16. The van der Waals surface area contributed by atoms with Crippen molar-refractivity contribution < 1.29 is 0 Å². The fourth-order valence-corrected chi connectivity index (χ4v) is 1.69. The highest BCUT2D eigenvalue weighted by Gasteiger charge is 2.09. The zero-order valence-corrected chi connectivity index (χ0v) is 11.6. The first kappa shape index (κ1) is 13.2. The van der Waals surface area contributed by atoms with E-state index >= 15 is 0 Å². The molecule has 16 heavy (non-hydrogen) atoms. The molecule has 1 unspecified atom stereocenters. The Kier molecular flexibility index (Phi) is 4.99. The molecule has 0 aliphatic heterocycles. The maximum Gasteiger partial charge on any atom is 0.146 e. The first-order chi connectivity index (χ1) is 7.50. The van der Waals surface area contributed by atoms with Crippen molar-refractivity contribution in [2.24, 2.45) is 5.92 Å². The normalized spacial score (nSPS) is 12.8. The Morgan fingerprint density at radius 3 is 2.62 bits per heavy atom. The largest absolute Gasteiger partial charge is 0.383 e. The van der Waals surface area contributed by atoms with Gasteiger partial charge in [-0.3, -0.25) is 0 Å². The van der Waals surface area contributed by atoms with Crippen LogP contribution in [0.15, 0.2) is 10.8 Å². The highest BCUT2D eigenvalue weighted by molar-refractivity contribution is 9.10. The van der Waals surface area contributed by atoms with Crippen LogP contribution in [0.4, 0.5) is 11.6 Å².